The van der Waals surface area contributed by atoms with E-state index in [4.69, 9.17) is 15.2 Å². The van der Waals surface area contributed by atoms with Crippen LogP contribution in [0.4, 0.5) is 0 Å². The third-order valence-corrected chi connectivity index (χ3v) is 5.46. The molecule has 1 atom stereocenters. The summed E-state index contributed by atoms with van der Waals surface area (Å²) in [7, 11) is 0. The Morgan fingerprint density at radius 1 is 1.15 bits per heavy atom. The third-order valence-electron chi connectivity index (χ3n) is 4.48. The molecule has 1 aliphatic rings. The molecule has 6 heteroatoms. The minimum Gasteiger partial charge on any atom is -0.462 e. The molecule has 0 fully saturated rings. The number of esters is 1. The predicted molar refractivity (Wildman–Crippen MR) is 105 cm³/mol. The molecule has 27 heavy (non-hydrogen) atoms. The molecule has 0 saturated heterocycles. The Hall–Kier alpha value is -3.12. The number of nitrogens with two attached hydrogens (primary N) is 1. The van der Waals surface area contributed by atoms with Crippen LogP contribution in [0, 0.1) is 0 Å². The van der Waals surface area contributed by atoms with E-state index >= 15 is 0 Å². The highest BCUT2D eigenvalue weighted by Gasteiger charge is 2.38. The lowest BCUT2D eigenvalue weighted by atomic mass is 9.83. The molecule has 0 amide bonds. The summed E-state index contributed by atoms with van der Waals surface area (Å²) in [5, 5.41) is 0.795. The van der Waals surface area contributed by atoms with Gasteiger partial charge in [-0.15, -0.1) is 0 Å². The van der Waals surface area contributed by atoms with Gasteiger partial charge in [-0.05, 0) is 24.6 Å². The molecule has 2 N–H and O–H groups in total. The van der Waals surface area contributed by atoms with Crippen molar-refractivity contribution in [2.24, 2.45) is 5.73 Å². The van der Waals surface area contributed by atoms with Crippen LogP contribution in [0.15, 0.2) is 70.8 Å². The van der Waals surface area contributed by atoms with E-state index in [1.807, 2.05) is 54.6 Å². The van der Waals surface area contributed by atoms with Crippen molar-refractivity contribution in [2.45, 2.75) is 12.8 Å². The highest BCUT2D eigenvalue weighted by atomic mass is 32.1. The molecular formula is C21H17NO4S. The number of benzene rings is 2. The highest BCUT2D eigenvalue weighted by Crippen LogP contribution is 2.44. The Morgan fingerprint density at radius 3 is 2.59 bits per heavy atom. The molecule has 4 rings (SSSR count). The molecule has 0 radical (unpaired) electrons. The molecule has 0 unspecified atom stereocenters. The number of ether oxygens (including phenoxy) is 2. The van der Waals surface area contributed by atoms with Crippen LogP contribution >= 0.6 is 11.3 Å². The first-order chi connectivity index (χ1) is 13.1. The summed E-state index contributed by atoms with van der Waals surface area (Å²) in [5.41, 5.74) is 7.52. The summed E-state index contributed by atoms with van der Waals surface area (Å²) in [6.07, 6.45) is 0. The molecule has 3 aromatic rings. The van der Waals surface area contributed by atoms with Crippen LogP contribution in [0.3, 0.4) is 0 Å². The zero-order valence-corrected chi connectivity index (χ0v) is 15.4. The van der Waals surface area contributed by atoms with Crippen molar-refractivity contribution in [1.82, 2.24) is 0 Å². The summed E-state index contributed by atoms with van der Waals surface area (Å²) in [4.78, 5) is 25.7. The summed E-state index contributed by atoms with van der Waals surface area (Å²) >= 11 is 1.13. The zero-order chi connectivity index (χ0) is 19.0. The fraction of sp³-hybridized carbons (Fsp3) is 0.143. The Labute approximate surface area is 159 Å². The first-order valence-electron chi connectivity index (χ1n) is 8.57. The zero-order valence-electron chi connectivity index (χ0n) is 14.6. The van der Waals surface area contributed by atoms with Gasteiger partial charge in [0.25, 0.3) is 0 Å². The topological polar surface area (TPSA) is 78.6 Å². The van der Waals surface area contributed by atoms with Gasteiger partial charge in [-0.25, -0.2) is 4.79 Å². The van der Waals surface area contributed by atoms with Gasteiger partial charge in [0.1, 0.15) is 11.3 Å². The largest absolute Gasteiger partial charge is 0.462 e. The summed E-state index contributed by atoms with van der Waals surface area (Å²) in [5.74, 6) is -0.835. The Balaban J connectivity index is 2.04. The van der Waals surface area contributed by atoms with E-state index in [9.17, 15) is 9.59 Å². The molecule has 0 spiro atoms. The van der Waals surface area contributed by atoms with E-state index in [1.165, 1.54) is 0 Å². The second kappa shape index (κ2) is 6.89. The quantitative estimate of drug-likeness (QED) is 0.705. The smallest absolute Gasteiger partial charge is 0.340 e. The predicted octanol–water partition coefficient (Wildman–Crippen LogP) is 3.52. The molecule has 2 heterocycles. The highest BCUT2D eigenvalue weighted by molar-refractivity contribution is 7.16. The number of carbonyl (C=O) groups excluding carboxylic acids is 1. The van der Waals surface area contributed by atoms with Crippen LogP contribution < -0.4 is 15.2 Å². The van der Waals surface area contributed by atoms with E-state index in [1.54, 1.807) is 6.92 Å². The first-order valence-corrected chi connectivity index (χ1v) is 9.38. The van der Waals surface area contributed by atoms with Crippen LogP contribution in [0.1, 0.15) is 24.0 Å². The number of hydrogen-bond donors (Lipinski definition) is 1. The van der Waals surface area contributed by atoms with Crippen molar-refractivity contribution < 1.29 is 14.3 Å². The van der Waals surface area contributed by atoms with Gasteiger partial charge in [0.2, 0.25) is 10.6 Å². The van der Waals surface area contributed by atoms with Gasteiger partial charge in [0, 0.05) is 10.1 Å². The average molecular weight is 379 g/mol. The number of carbonyl (C=O) groups is 1. The van der Waals surface area contributed by atoms with E-state index in [-0.39, 0.29) is 22.8 Å². The average Bonchev–Trinajstić information content (AvgIpc) is 2.68. The normalized spacial score (nSPS) is 16.0. The summed E-state index contributed by atoms with van der Waals surface area (Å²) in [6.45, 7) is 1.92. The second-order valence-corrected chi connectivity index (χ2v) is 7.09. The van der Waals surface area contributed by atoms with E-state index < -0.39 is 11.9 Å². The van der Waals surface area contributed by atoms with Crippen molar-refractivity contribution >= 4 is 27.4 Å². The Morgan fingerprint density at radius 2 is 1.85 bits per heavy atom. The van der Waals surface area contributed by atoms with E-state index in [0.717, 1.165) is 27.0 Å². The second-order valence-electron chi connectivity index (χ2n) is 6.07. The van der Waals surface area contributed by atoms with Crippen LogP contribution in [-0.4, -0.2) is 12.6 Å². The van der Waals surface area contributed by atoms with Crippen molar-refractivity contribution in [1.29, 1.82) is 0 Å². The maximum atomic E-state index is 13.0. The molecule has 5 nitrogen and oxygen atoms in total. The minimum absolute atomic E-state index is 0.0319. The SMILES string of the molecule is CCOC(=O)C1=C(N)Oc2c(c(=O)sc3ccccc23)[C@H]1c1ccccc1. The Bertz CT molecular complexity index is 1120. The first kappa shape index (κ1) is 17.3. The molecular weight excluding hydrogens is 362 g/mol. The van der Waals surface area contributed by atoms with E-state index in [0.29, 0.717) is 11.3 Å². The molecule has 1 aliphatic heterocycles. The molecule has 0 aliphatic carbocycles. The number of rotatable bonds is 3. The third kappa shape index (κ3) is 2.88. The van der Waals surface area contributed by atoms with Gasteiger partial charge in [-0.3, -0.25) is 4.79 Å². The lowest BCUT2D eigenvalue weighted by Crippen LogP contribution is -2.30. The van der Waals surface area contributed by atoms with Crippen molar-refractivity contribution in [3.63, 3.8) is 0 Å². The molecule has 0 saturated carbocycles. The molecule has 0 bridgehead atoms. The minimum atomic E-state index is -0.637. The van der Waals surface area contributed by atoms with Gasteiger partial charge in [0.15, 0.2) is 0 Å². The van der Waals surface area contributed by atoms with Gasteiger partial charge in [0.05, 0.1) is 18.1 Å². The van der Waals surface area contributed by atoms with Gasteiger partial charge >= 0.3 is 5.97 Å². The lowest BCUT2D eigenvalue weighted by molar-refractivity contribution is -0.139. The lowest BCUT2D eigenvalue weighted by Gasteiger charge is -2.28. The van der Waals surface area contributed by atoms with Crippen LogP contribution in [0.25, 0.3) is 10.1 Å². The molecule has 2 aromatic carbocycles. The fourth-order valence-electron chi connectivity index (χ4n) is 3.35. The number of hydrogen-bond acceptors (Lipinski definition) is 6. The monoisotopic (exact) mass is 379 g/mol. The maximum Gasteiger partial charge on any atom is 0.340 e. The van der Waals surface area contributed by atoms with Crippen molar-refractivity contribution in [2.75, 3.05) is 6.61 Å². The maximum absolute atomic E-state index is 13.0. The van der Waals surface area contributed by atoms with Crippen LogP contribution in [0.5, 0.6) is 5.75 Å². The molecule has 1 aromatic heterocycles. The molecule has 136 valence electrons. The summed E-state index contributed by atoms with van der Waals surface area (Å²) in [6, 6.07) is 16.8. The van der Waals surface area contributed by atoms with E-state index in [2.05, 4.69) is 0 Å². The Kier molecular flexibility index (Phi) is 4.41. The van der Waals surface area contributed by atoms with Gasteiger partial charge in [-0.2, -0.15) is 0 Å². The van der Waals surface area contributed by atoms with Gasteiger partial charge < -0.3 is 15.2 Å². The van der Waals surface area contributed by atoms with Crippen LogP contribution in [0.2, 0.25) is 0 Å². The number of fused-ring (bicyclic) bond motifs is 3. The van der Waals surface area contributed by atoms with Gasteiger partial charge in [-0.1, -0.05) is 53.8 Å². The summed E-state index contributed by atoms with van der Waals surface area (Å²) < 4.78 is 11.7. The van der Waals surface area contributed by atoms with Crippen molar-refractivity contribution in [3.8, 4) is 5.75 Å². The standard InChI is InChI=1S/C21H17NO4S/c1-2-25-20(23)17-15(12-8-4-3-5-9-12)16-18(26-19(17)22)13-10-6-7-11-14(13)27-21(16)24/h3-11,15H,2,22H2,1H3/t15-/m1/s1. The fourth-order valence-corrected chi connectivity index (χ4v) is 4.29. The van der Waals surface area contributed by atoms with Crippen molar-refractivity contribution in [3.05, 3.63) is 86.7 Å². The van der Waals surface area contributed by atoms with Crippen LogP contribution in [-0.2, 0) is 9.53 Å².